The molecular formula is C16H16F3N. The first-order valence-corrected chi connectivity index (χ1v) is 7.02. The standard InChI is InChI=1S/C16H16F3N/c17-16(18,19)13-10-15(11-6-2-1-3-7-11)20-14-9-5-4-8-12(13)14/h4-5,8-11H,1-3,6-7H2. The van der Waals surface area contributed by atoms with Crippen LogP contribution in [0.5, 0.6) is 0 Å². The van der Waals surface area contributed by atoms with Crippen molar-refractivity contribution in [1.29, 1.82) is 0 Å². The van der Waals surface area contributed by atoms with E-state index in [1.54, 1.807) is 18.2 Å². The van der Waals surface area contributed by atoms with Gasteiger partial charge >= 0.3 is 6.18 Å². The number of hydrogen-bond donors (Lipinski definition) is 0. The molecule has 1 aliphatic carbocycles. The lowest BCUT2D eigenvalue weighted by Crippen LogP contribution is -2.11. The van der Waals surface area contributed by atoms with Gasteiger partial charge in [0.1, 0.15) is 0 Å². The number of rotatable bonds is 1. The largest absolute Gasteiger partial charge is 0.417 e. The highest BCUT2D eigenvalue weighted by Crippen LogP contribution is 2.38. The number of fused-ring (bicyclic) bond motifs is 1. The molecule has 2 aromatic rings. The first-order chi connectivity index (χ1) is 9.55. The Morgan fingerprint density at radius 1 is 1.00 bits per heavy atom. The van der Waals surface area contributed by atoms with Crippen molar-refractivity contribution >= 4 is 10.9 Å². The van der Waals surface area contributed by atoms with Crippen LogP contribution in [0.3, 0.4) is 0 Å². The van der Waals surface area contributed by atoms with Crippen LogP contribution in [0.2, 0.25) is 0 Å². The number of alkyl halides is 3. The molecule has 3 rings (SSSR count). The van der Waals surface area contributed by atoms with E-state index in [0.717, 1.165) is 25.7 Å². The number of halogens is 3. The average Bonchev–Trinajstić information content (AvgIpc) is 2.46. The molecule has 1 heterocycles. The van der Waals surface area contributed by atoms with Crippen LogP contribution in [0.15, 0.2) is 30.3 Å². The van der Waals surface area contributed by atoms with Crippen molar-refractivity contribution in [3.05, 3.63) is 41.6 Å². The normalized spacial score (nSPS) is 17.6. The van der Waals surface area contributed by atoms with Crippen LogP contribution < -0.4 is 0 Å². The molecule has 20 heavy (non-hydrogen) atoms. The second kappa shape index (κ2) is 5.08. The van der Waals surface area contributed by atoms with Crippen LogP contribution >= 0.6 is 0 Å². The summed E-state index contributed by atoms with van der Waals surface area (Å²) >= 11 is 0. The van der Waals surface area contributed by atoms with Gasteiger partial charge in [0.2, 0.25) is 0 Å². The minimum atomic E-state index is -4.33. The van der Waals surface area contributed by atoms with Gasteiger partial charge in [-0.1, -0.05) is 37.5 Å². The monoisotopic (exact) mass is 279 g/mol. The number of para-hydroxylation sites is 1. The molecule has 106 valence electrons. The number of hydrogen-bond acceptors (Lipinski definition) is 1. The Morgan fingerprint density at radius 3 is 2.40 bits per heavy atom. The molecule has 0 saturated heterocycles. The first-order valence-electron chi connectivity index (χ1n) is 7.02. The summed E-state index contributed by atoms with van der Waals surface area (Å²) in [5, 5.41) is 0.194. The summed E-state index contributed by atoms with van der Waals surface area (Å²) in [5.41, 5.74) is 0.502. The highest BCUT2D eigenvalue weighted by molar-refractivity contribution is 5.83. The second-order valence-corrected chi connectivity index (χ2v) is 5.44. The van der Waals surface area contributed by atoms with Crippen molar-refractivity contribution in [3.63, 3.8) is 0 Å². The number of aromatic nitrogens is 1. The van der Waals surface area contributed by atoms with E-state index < -0.39 is 11.7 Å². The van der Waals surface area contributed by atoms with Gasteiger partial charge in [-0.3, -0.25) is 4.98 Å². The van der Waals surface area contributed by atoms with Crippen LogP contribution in [0.25, 0.3) is 10.9 Å². The van der Waals surface area contributed by atoms with Gasteiger partial charge in [0, 0.05) is 17.0 Å². The van der Waals surface area contributed by atoms with Gasteiger partial charge in [0.15, 0.2) is 0 Å². The fraction of sp³-hybridized carbons (Fsp3) is 0.438. The van der Waals surface area contributed by atoms with Crippen molar-refractivity contribution in [2.24, 2.45) is 0 Å². The molecule has 1 nitrogen and oxygen atoms in total. The van der Waals surface area contributed by atoms with E-state index in [2.05, 4.69) is 4.98 Å². The van der Waals surface area contributed by atoms with Crippen molar-refractivity contribution < 1.29 is 13.2 Å². The van der Waals surface area contributed by atoms with E-state index in [1.807, 2.05) is 0 Å². The predicted molar refractivity (Wildman–Crippen MR) is 72.6 cm³/mol. The summed E-state index contributed by atoms with van der Waals surface area (Å²) in [6, 6.07) is 7.78. The van der Waals surface area contributed by atoms with E-state index in [0.29, 0.717) is 11.2 Å². The third-order valence-electron chi connectivity index (χ3n) is 4.06. The zero-order chi connectivity index (χ0) is 14.2. The Bertz CT molecular complexity index is 613. The van der Waals surface area contributed by atoms with Crippen molar-refractivity contribution in [1.82, 2.24) is 4.98 Å². The third-order valence-corrected chi connectivity index (χ3v) is 4.06. The van der Waals surface area contributed by atoms with E-state index in [4.69, 9.17) is 0 Å². The zero-order valence-electron chi connectivity index (χ0n) is 11.1. The van der Waals surface area contributed by atoms with Crippen LogP contribution in [0.4, 0.5) is 13.2 Å². The predicted octanol–water partition coefficient (Wildman–Crippen LogP) is 5.30. The summed E-state index contributed by atoms with van der Waals surface area (Å²) in [6.45, 7) is 0. The summed E-state index contributed by atoms with van der Waals surface area (Å²) in [7, 11) is 0. The molecule has 4 heteroatoms. The van der Waals surface area contributed by atoms with Crippen LogP contribution in [-0.2, 0) is 6.18 Å². The maximum Gasteiger partial charge on any atom is 0.417 e. The Morgan fingerprint density at radius 2 is 1.70 bits per heavy atom. The van der Waals surface area contributed by atoms with Gasteiger partial charge < -0.3 is 0 Å². The Hall–Kier alpha value is -1.58. The minimum Gasteiger partial charge on any atom is -0.253 e. The molecule has 0 atom stereocenters. The first kappa shape index (κ1) is 13.4. The molecule has 0 amide bonds. The molecule has 0 unspecified atom stereocenters. The molecular weight excluding hydrogens is 263 g/mol. The molecule has 0 aliphatic heterocycles. The Labute approximate surface area is 115 Å². The molecule has 0 spiro atoms. The summed E-state index contributed by atoms with van der Waals surface area (Å²) in [4.78, 5) is 4.47. The summed E-state index contributed by atoms with van der Waals surface area (Å²) in [6.07, 6.45) is 0.911. The van der Waals surface area contributed by atoms with E-state index in [9.17, 15) is 13.2 Å². The number of pyridine rings is 1. The van der Waals surface area contributed by atoms with E-state index >= 15 is 0 Å². The molecule has 1 saturated carbocycles. The molecule has 1 aromatic carbocycles. The third kappa shape index (κ3) is 2.51. The molecule has 1 aliphatic rings. The topological polar surface area (TPSA) is 12.9 Å². The molecule has 0 bridgehead atoms. The van der Waals surface area contributed by atoms with Crippen LogP contribution in [-0.4, -0.2) is 4.98 Å². The maximum atomic E-state index is 13.2. The molecule has 1 aromatic heterocycles. The second-order valence-electron chi connectivity index (χ2n) is 5.44. The van der Waals surface area contributed by atoms with Gasteiger partial charge in [-0.15, -0.1) is 0 Å². The molecule has 0 N–H and O–H groups in total. The molecule has 1 fully saturated rings. The van der Waals surface area contributed by atoms with Crippen molar-refractivity contribution in [3.8, 4) is 0 Å². The maximum absolute atomic E-state index is 13.2. The van der Waals surface area contributed by atoms with Gasteiger partial charge in [0.25, 0.3) is 0 Å². The quantitative estimate of drug-likeness (QED) is 0.690. The smallest absolute Gasteiger partial charge is 0.253 e. The summed E-state index contributed by atoms with van der Waals surface area (Å²) in [5.74, 6) is 0.175. The Balaban J connectivity index is 2.14. The lowest BCUT2D eigenvalue weighted by atomic mass is 9.86. The highest BCUT2D eigenvalue weighted by Gasteiger charge is 2.34. The highest BCUT2D eigenvalue weighted by atomic mass is 19.4. The van der Waals surface area contributed by atoms with Gasteiger partial charge in [0.05, 0.1) is 11.1 Å². The summed E-state index contributed by atoms with van der Waals surface area (Å²) < 4.78 is 39.7. The number of nitrogens with zero attached hydrogens (tertiary/aromatic N) is 1. The van der Waals surface area contributed by atoms with E-state index in [1.165, 1.54) is 18.6 Å². The van der Waals surface area contributed by atoms with Crippen LogP contribution in [0.1, 0.15) is 49.3 Å². The molecule has 0 radical (unpaired) electrons. The van der Waals surface area contributed by atoms with Crippen molar-refractivity contribution in [2.45, 2.75) is 44.2 Å². The zero-order valence-corrected chi connectivity index (χ0v) is 11.1. The van der Waals surface area contributed by atoms with Gasteiger partial charge in [-0.05, 0) is 25.0 Å². The average molecular weight is 279 g/mol. The fourth-order valence-corrected chi connectivity index (χ4v) is 3.04. The SMILES string of the molecule is FC(F)(F)c1cc(C2CCCCC2)nc2ccccc12. The fourth-order valence-electron chi connectivity index (χ4n) is 3.04. The van der Waals surface area contributed by atoms with E-state index in [-0.39, 0.29) is 11.3 Å². The minimum absolute atomic E-state index is 0.175. The van der Waals surface area contributed by atoms with Crippen molar-refractivity contribution in [2.75, 3.05) is 0 Å². The lowest BCUT2D eigenvalue weighted by Gasteiger charge is -2.22. The lowest BCUT2D eigenvalue weighted by molar-refractivity contribution is -0.136. The van der Waals surface area contributed by atoms with Gasteiger partial charge in [-0.25, -0.2) is 0 Å². The number of benzene rings is 1. The van der Waals surface area contributed by atoms with Crippen LogP contribution in [0, 0.1) is 0 Å². The van der Waals surface area contributed by atoms with Gasteiger partial charge in [-0.2, -0.15) is 13.2 Å². The Kier molecular flexibility index (Phi) is 3.40.